The van der Waals surface area contributed by atoms with E-state index in [1.807, 2.05) is 6.92 Å². The monoisotopic (exact) mass is 202 g/mol. The van der Waals surface area contributed by atoms with Crippen LogP contribution in [0.5, 0.6) is 0 Å². The minimum absolute atomic E-state index is 0.122. The van der Waals surface area contributed by atoms with Crippen molar-refractivity contribution in [2.45, 2.75) is 32.9 Å². The van der Waals surface area contributed by atoms with Gasteiger partial charge in [-0.3, -0.25) is 14.9 Å². The molecule has 0 aliphatic carbocycles. The summed E-state index contributed by atoms with van der Waals surface area (Å²) >= 11 is 0. The van der Waals surface area contributed by atoms with Crippen molar-refractivity contribution in [2.24, 2.45) is 0 Å². The molecule has 0 spiro atoms. The van der Waals surface area contributed by atoms with Crippen molar-refractivity contribution < 1.29 is 14.3 Å². The maximum atomic E-state index is 11.3. The van der Waals surface area contributed by atoms with Crippen LogP contribution in [0.1, 0.15) is 20.8 Å². The van der Waals surface area contributed by atoms with Crippen LogP contribution in [0.2, 0.25) is 0 Å². The number of esters is 1. The second-order valence-corrected chi connectivity index (χ2v) is 3.03. The van der Waals surface area contributed by atoms with Gasteiger partial charge in [0.1, 0.15) is 6.04 Å². The van der Waals surface area contributed by atoms with E-state index in [-0.39, 0.29) is 11.9 Å². The van der Waals surface area contributed by atoms with E-state index in [2.05, 4.69) is 15.4 Å². The highest BCUT2D eigenvalue weighted by molar-refractivity contribution is 5.82. The number of carbonyl (C=O) groups is 2. The summed E-state index contributed by atoms with van der Waals surface area (Å²) in [7, 11) is 1.32. The van der Waals surface area contributed by atoms with Crippen LogP contribution in [0.25, 0.3) is 0 Å². The summed E-state index contributed by atoms with van der Waals surface area (Å²) in [5, 5.41) is 5.48. The van der Waals surface area contributed by atoms with Gasteiger partial charge >= 0.3 is 5.97 Å². The van der Waals surface area contributed by atoms with Crippen molar-refractivity contribution in [2.75, 3.05) is 13.7 Å². The van der Waals surface area contributed by atoms with E-state index in [0.717, 1.165) is 0 Å². The fraction of sp³-hybridized carbons (Fsp3) is 0.778. The molecule has 14 heavy (non-hydrogen) atoms. The van der Waals surface area contributed by atoms with Crippen molar-refractivity contribution in [3.8, 4) is 0 Å². The van der Waals surface area contributed by atoms with Crippen molar-refractivity contribution in [1.82, 2.24) is 10.6 Å². The van der Waals surface area contributed by atoms with Crippen LogP contribution in [0.3, 0.4) is 0 Å². The van der Waals surface area contributed by atoms with Gasteiger partial charge in [0.15, 0.2) is 0 Å². The molecule has 1 amide bonds. The third kappa shape index (κ3) is 4.23. The van der Waals surface area contributed by atoms with Gasteiger partial charge in [-0.1, -0.05) is 0 Å². The van der Waals surface area contributed by atoms with E-state index in [1.165, 1.54) is 7.11 Å². The highest BCUT2D eigenvalue weighted by Crippen LogP contribution is 1.90. The SMILES string of the molecule is CCNC(=O)C(C)NC(C)C(=O)OC. The minimum Gasteiger partial charge on any atom is -0.468 e. The Hall–Kier alpha value is -1.10. The average Bonchev–Trinajstić information content (AvgIpc) is 2.16. The fourth-order valence-electron chi connectivity index (χ4n) is 1.02. The lowest BCUT2D eigenvalue weighted by Crippen LogP contribution is -2.48. The Kier molecular flexibility index (Phi) is 5.87. The van der Waals surface area contributed by atoms with Crippen LogP contribution in [0.15, 0.2) is 0 Å². The number of carbonyl (C=O) groups excluding carboxylic acids is 2. The molecule has 0 aromatic carbocycles. The zero-order valence-corrected chi connectivity index (χ0v) is 9.09. The highest BCUT2D eigenvalue weighted by Gasteiger charge is 2.19. The van der Waals surface area contributed by atoms with Crippen LogP contribution in [0, 0.1) is 0 Å². The lowest BCUT2D eigenvalue weighted by Gasteiger charge is -2.17. The van der Waals surface area contributed by atoms with Gasteiger partial charge in [0.05, 0.1) is 13.2 Å². The Bertz CT molecular complexity index is 206. The summed E-state index contributed by atoms with van der Waals surface area (Å²) in [6, 6.07) is -0.873. The second-order valence-electron chi connectivity index (χ2n) is 3.03. The first-order chi connectivity index (χ1) is 6.52. The van der Waals surface area contributed by atoms with E-state index in [1.54, 1.807) is 13.8 Å². The largest absolute Gasteiger partial charge is 0.468 e. The Morgan fingerprint density at radius 3 is 2.29 bits per heavy atom. The molecule has 0 fully saturated rings. The van der Waals surface area contributed by atoms with Crippen molar-refractivity contribution in [3.05, 3.63) is 0 Å². The standard InChI is InChI=1S/C9H18N2O3/c1-5-10-8(12)6(2)11-7(3)9(13)14-4/h6-7,11H,5H2,1-4H3,(H,10,12). The van der Waals surface area contributed by atoms with Gasteiger partial charge in [-0.05, 0) is 20.8 Å². The molecule has 0 radical (unpaired) electrons. The lowest BCUT2D eigenvalue weighted by molar-refractivity contribution is -0.143. The van der Waals surface area contributed by atoms with Crippen LogP contribution < -0.4 is 10.6 Å². The van der Waals surface area contributed by atoms with Crippen molar-refractivity contribution in [3.63, 3.8) is 0 Å². The number of methoxy groups -OCH3 is 1. The first-order valence-corrected chi connectivity index (χ1v) is 4.64. The number of ether oxygens (including phenoxy) is 1. The molecule has 2 N–H and O–H groups in total. The van der Waals surface area contributed by atoms with Gasteiger partial charge in [-0.15, -0.1) is 0 Å². The third-order valence-electron chi connectivity index (χ3n) is 1.80. The fourth-order valence-corrected chi connectivity index (χ4v) is 1.02. The van der Waals surface area contributed by atoms with Gasteiger partial charge in [-0.25, -0.2) is 0 Å². The molecule has 0 bridgehead atoms. The quantitative estimate of drug-likeness (QED) is 0.599. The Labute approximate surface area is 84.2 Å². The molecule has 2 atom stereocenters. The van der Waals surface area contributed by atoms with Gasteiger partial charge < -0.3 is 10.1 Å². The summed E-state index contributed by atoms with van der Waals surface area (Å²) < 4.78 is 4.52. The average molecular weight is 202 g/mol. The Morgan fingerprint density at radius 2 is 1.86 bits per heavy atom. The summed E-state index contributed by atoms with van der Waals surface area (Å²) in [6.07, 6.45) is 0. The summed E-state index contributed by atoms with van der Waals surface area (Å²) in [5.41, 5.74) is 0. The zero-order valence-electron chi connectivity index (χ0n) is 9.09. The predicted octanol–water partition coefficient (Wildman–Crippen LogP) is -0.338. The zero-order chi connectivity index (χ0) is 11.1. The number of nitrogens with one attached hydrogen (secondary N) is 2. The molecule has 5 nitrogen and oxygen atoms in total. The van der Waals surface area contributed by atoms with Crippen molar-refractivity contribution in [1.29, 1.82) is 0 Å². The number of hydrogen-bond donors (Lipinski definition) is 2. The molecule has 82 valence electrons. The number of rotatable bonds is 5. The highest BCUT2D eigenvalue weighted by atomic mass is 16.5. The summed E-state index contributed by atoms with van der Waals surface area (Å²) in [5.74, 6) is -0.496. The molecule has 0 saturated heterocycles. The Morgan fingerprint density at radius 1 is 1.29 bits per heavy atom. The first kappa shape index (κ1) is 12.9. The molecule has 0 heterocycles. The maximum Gasteiger partial charge on any atom is 0.322 e. The normalized spacial score (nSPS) is 14.3. The van der Waals surface area contributed by atoms with E-state index in [4.69, 9.17) is 0 Å². The molecular formula is C9H18N2O3. The lowest BCUT2D eigenvalue weighted by atomic mass is 10.2. The minimum atomic E-state index is -0.474. The summed E-state index contributed by atoms with van der Waals surface area (Å²) in [6.45, 7) is 5.78. The molecule has 0 rings (SSSR count). The van der Waals surface area contributed by atoms with Gasteiger partial charge in [0.25, 0.3) is 0 Å². The number of hydrogen-bond acceptors (Lipinski definition) is 4. The van der Waals surface area contributed by atoms with Gasteiger partial charge in [-0.2, -0.15) is 0 Å². The van der Waals surface area contributed by atoms with Crippen LogP contribution in [-0.4, -0.2) is 37.6 Å². The van der Waals surface area contributed by atoms with Crippen LogP contribution >= 0.6 is 0 Å². The molecule has 0 aromatic rings. The van der Waals surface area contributed by atoms with Gasteiger partial charge in [0.2, 0.25) is 5.91 Å². The molecule has 0 aromatic heterocycles. The third-order valence-corrected chi connectivity index (χ3v) is 1.80. The van der Waals surface area contributed by atoms with Crippen LogP contribution in [-0.2, 0) is 14.3 Å². The van der Waals surface area contributed by atoms with E-state index < -0.39 is 12.1 Å². The second kappa shape index (κ2) is 6.37. The van der Waals surface area contributed by atoms with Crippen molar-refractivity contribution >= 4 is 11.9 Å². The maximum absolute atomic E-state index is 11.3. The molecule has 0 aliphatic rings. The molecule has 5 heteroatoms. The summed E-state index contributed by atoms with van der Waals surface area (Å²) in [4.78, 5) is 22.3. The van der Waals surface area contributed by atoms with E-state index >= 15 is 0 Å². The Balaban J connectivity index is 3.98. The number of amides is 1. The van der Waals surface area contributed by atoms with E-state index in [9.17, 15) is 9.59 Å². The topological polar surface area (TPSA) is 67.4 Å². The molecule has 0 saturated carbocycles. The number of likely N-dealkylation sites (N-methyl/N-ethyl adjacent to an activating group) is 1. The molecule has 2 unspecified atom stereocenters. The molecule has 0 aliphatic heterocycles. The molecular weight excluding hydrogens is 184 g/mol. The van der Waals surface area contributed by atoms with Crippen LogP contribution in [0.4, 0.5) is 0 Å². The van der Waals surface area contributed by atoms with E-state index in [0.29, 0.717) is 6.54 Å². The van der Waals surface area contributed by atoms with Gasteiger partial charge in [0, 0.05) is 6.54 Å². The first-order valence-electron chi connectivity index (χ1n) is 4.64. The smallest absolute Gasteiger partial charge is 0.322 e. The predicted molar refractivity (Wildman–Crippen MR) is 52.8 cm³/mol.